The maximum atomic E-state index is 11.0. The van der Waals surface area contributed by atoms with Gasteiger partial charge in [0, 0.05) is 33.1 Å². The van der Waals surface area contributed by atoms with E-state index in [0.717, 1.165) is 25.6 Å². The molecular formula is C8H13N3O. The first-order chi connectivity index (χ1) is 5.77. The first-order valence-electron chi connectivity index (χ1n) is 4.35. The monoisotopic (exact) mass is 167 g/mol. The van der Waals surface area contributed by atoms with E-state index in [4.69, 9.17) is 0 Å². The molecule has 0 N–H and O–H groups in total. The largest absolute Gasteiger partial charge is 0.345 e. The lowest BCUT2D eigenvalue weighted by molar-refractivity contribution is -0.118. The van der Waals surface area contributed by atoms with E-state index in [0.29, 0.717) is 6.42 Å². The zero-order valence-electron chi connectivity index (χ0n) is 7.29. The summed E-state index contributed by atoms with van der Waals surface area (Å²) in [5.41, 5.74) is 0. The zero-order chi connectivity index (χ0) is 8.55. The van der Waals surface area contributed by atoms with E-state index in [1.54, 1.807) is 0 Å². The maximum absolute atomic E-state index is 11.0. The van der Waals surface area contributed by atoms with E-state index in [-0.39, 0.29) is 5.91 Å². The number of rotatable bonds is 0. The molecule has 0 aromatic carbocycles. The molecule has 2 aliphatic heterocycles. The summed E-state index contributed by atoms with van der Waals surface area (Å²) >= 11 is 0. The molecule has 66 valence electrons. The maximum Gasteiger partial charge on any atom is 0.250 e. The van der Waals surface area contributed by atoms with Crippen molar-refractivity contribution in [1.82, 2.24) is 9.80 Å². The van der Waals surface area contributed by atoms with Gasteiger partial charge in [-0.1, -0.05) is 0 Å². The van der Waals surface area contributed by atoms with Crippen molar-refractivity contribution in [3.63, 3.8) is 0 Å². The van der Waals surface area contributed by atoms with E-state index < -0.39 is 0 Å². The van der Waals surface area contributed by atoms with Crippen molar-refractivity contribution in [3.05, 3.63) is 0 Å². The predicted molar refractivity (Wildman–Crippen MR) is 45.9 cm³/mol. The van der Waals surface area contributed by atoms with Crippen LogP contribution in [0.25, 0.3) is 0 Å². The fourth-order valence-corrected chi connectivity index (χ4v) is 1.71. The third-order valence-electron chi connectivity index (χ3n) is 2.37. The molecule has 2 heterocycles. The highest BCUT2D eigenvalue weighted by atomic mass is 16.1. The van der Waals surface area contributed by atoms with Gasteiger partial charge < -0.3 is 9.80 Å². The van der Waals surface area contributed by atoms with Crippen LogP contribution in [0.4, 0.5) is 0 Å². The number of aliphatic imine (C=N–C) groups is 1. The Kier molecular flexibility index (Phi) is 1.75. The van der Waals surface area contributed by atoms with E-state index in [1.165, 1.54) is 6.42 Å². The molecule has 1 amide bonds. The molecule has 2 rings (SSSR count). The molecule has 1 fully saturated rings. The molecule has 0 aromatic heterocycles. The molecular weight excluding hydrogens is 154 g/mol. The van der Waals surface area contributed by atoms with E-state index in [1.807, 2.05) is 7.05 Å². The van der Waals surface area contributed by atoms with Crippen molar-refractivity contribution < 1.29 is 4.79 Å². The van der Waals surface area contributed by atoms with Crippen LogP contribution in [0.1, 0.15) is 12.8 Å². The van der Waals surface area contributed by atoms with Crippen molar-refractivity contribution in [2.45, 2.75) is 12.8 Å². The number of guanidine groups is 1. The normalized spacial score (nSPS) is 23.8. The summed E-state index contributed by atoms with van der Waals surface area (Å²) in [4.78, 5) is 19.3. The van der Waals surface area contributed by atoms with Crippen LogP contribution in [0.3, 0.4) is 0 Å². The summed E-state index contributed by atoms with van der Waals surface area (Å²) in [6.45, 7) is 2.92. The van der Waals surface area contributed by atoms with Crippen LogP contribution >= 0.6 is 0 Å². The molecule has 0 atom stereocenters. The van der Waals surface area contributed by atoms with Gasteiger partial charge >= 0.3 is 0 Å². The first kappa shape index (κ1) is 7.58. The van der Waals surface area contributed by atoms with Gasteiger partial charge in [0.2, 0.25) is 5.96 Å². The second-order valence-corrected chi connectivity index (χ2v) is 3.32. The predicted octanol–water partition coefficient (Wildman–Crippen LogP) is -0.0898. The van der Waals surface area contributed by atoms with E-state index in [9.17, 15) is 4.79 Å². The zero-order valence-corrected chi connectivity index (χ0v) is 7.29. The van der Waals surface area contributed by atoms with E-state index >= 15 is 0 Å². The molecule has 0 spiro atoms. The number of nitrogens with zero attached hydrogens (tertiary/aromatic N) is 3. The highest BCUT2D eigenvalue weighted by molar-refractivity contribution is 5.95. The van der Waals surface area contributed by atoms with Crippen molar-refractivity contribution in [2.24, 2.45) is 4.99 Å². The van der Waals surface area contributed by atoms with Gasteiger partial charge in [0.05, 0.1) is 0 Å². The van der Waals surface area contributed by atoms with Crippen LogP contribution in [-0.2, 0) is 4.79 Å². The van der Waals surface area contributed by atoms with Gasteiger partial charge in [-0.3, -0.25) is 4.79 Å². The minimum atomic E-state index is 0.0231. The molecule has 0 bridgehead atoms. The SMILES string of the molecule is CN1CCCN2CCC(=O)N=C12. The number of carbonyl (C=O) groups excluding carboxylic acids is 1. The lowest BCUT2D eigenvalue weighted by atomic mass is 10.2. The summed E-state index contributed by atoms with van der Waals surface area (Å²) in [6, 6.07) is 0. The average molecular weight is 167 g/mol. The Morgan fingerprint density at radius 3 is 3.00 bits per heavy atom. The first-order valence-corrected chi connectivity index (χ1v) is 4.35. The van der Waals surface area contributed by atoms with Crippen molar-refractivity contribution in [2.75, 3.05) is 26.7 Å². The number of fused-ring (bicyclic) bond motifs is 1. The molecule has 12 heavy (non-hydrogen) atoms. The molecule has 2 aliphatic rings. The molecule has 0 aromatic rings. The number of hydrogen-bond donors (Lipinski definition) is 0. The molecule has 0 saturated carbocycles. The van der Waals surface area contributed by atoms with Crippen LogP contribution in [0.5, 0.6) is 0 Å². The molecule has 0 aliphatic carbocycles. The third-order valence-corrected chi connectivity index (χ3v) is 2.37. The lowest BCUT2D eigenvalue weighted by Crippen LogP contribution is -2.51. The second kappa shape index (κ2) is 2.77. The Bertz CT molecular complexity index is 236. The number of hydrogen-bond acceptors (Lipinski definition) is 3. The van der Waals surface area contributed by atoms with Gasteiger partial charge in [-0.15, -0.1) is 0 Å². The van der Waals surface area contributed by atoms with Crippen LogP contribution in [0.2, 0.25) is 0 Å². The summed E-state index contributed by atoms with van der Waals surface area (Å²) in [5, 5.41) is 0. The van der Waals surface area contributed by atoms with Gasteiger partial charge in [0.15, 0.2) is 0 Å². The van der Waals surface area contributed by atoms with Gasteiger partial charge in [-0.2, -0.15) is 4.99 Å². The van der Waals surface area contributed by atoms with Gasteiger partial charge in [-0.05, 0) is 6.42 Å². The smallest absolute Gasteiger partial charge is 0.250 e. The minimum absolute atomic E-state index is 0.0231. The summed E-state index contributed by atoms with van der Waals surface area (Å²) in [7, 11) is 1.99. The number of amides is 1. The molecule has 0 radical (unpaired) electrons. The fraction of sp³-hybridized carbons (Fsp3) is 0.750. The average Bonchev–Trinajstić information content (AvgIpc) is 2.07. The van der Waals surface area contributed by atoms with Crippen LogP contribution in [-0.4, -0.2) is 48.3 Å². The van der Waals surface area contributed by atoms with Crippen molar-refractivity contribution >= 4 is 11.9 Å². The third kappa shape index (κ3) is 1.17. The van der Waals surface area contributed by atoms with Crippen molar-refractivity contribution in [3.8, 4) is 0 Å². The highest BCUT2D eigenvalue weighted by Gasteiger charge is 2.25. The van der Waals surface area contributed by atoms with E-state index in [2.05, 4.69) is 14.8 Å². The highest BCUT2D eigenvalue weighted by Crippen LogP contribution is 2.12. The Morgan fingerprint density at radius 2 is 2.17 bits per heavy atom. The molecule has 0 unspecified atom stereocenters. The standard InChI is InChI=1S/C8H13N3O/c1-10-4-2-5-11-6-3-7(12)9-8(10)11/h2-6H2,1H3. The van der Waals surface area contributed by atoms with Crippen molar-refractivity contribution in [1.29, 1.82) is 0 Å². The molecule has 1 saturated heterocycles. The second-order valence-electron chi connectivity index (χ2n) is 3.32. The Hall–Kier alpha value is -1.06. The minimum Gasteiger partial charge on any atom is -0.345 e. The quantitative estimate of drug-likeness (QED) is 0.506. The Labute approximate surface area is 71.9 Å². The molecule has 4 heteroatoms. The molecule has 4 nitrogen and oxygen atoms in total. The lowest BCUT2D eigenvalue weighted by Gasteiger charge is -2.38. The van der Waals surface area contributed by atoms with Gasteiger partial charge in [0.25, 0.3) is 5.91 Å². The van der Waals surface area contributed by atoms with Crippen LogP contribution in [0, 0.1) is 0 Å². The van der Waals surface area contributed by atoms with Crippen LogP contribution < -0.4 is 0 Å². The summed E-state index contributed by atoms with van der Waals surface area (Å²) in [5.74, 6) is 0.896. The fourth-order valence-electron chi connectivity index (χ4n) is 1.71. The summed E-state index contributed by atoms with van der Waals surface area (Å²) < 4.78 is 0. The Morgan fingerprint density at radius 1 is 1.33 bits per heavy atom. The topological polar surface area (TPSA) is 35.9 Å². The van der Waals surface area contributed by atoms with Gasteiger partial charge in [0.1, 0.15) is 0 Å². The summed E-state index contributed by atoms with van der Waals surface area (Å²) in [6.07, 6.45) is 1.75. The number of carbonyl (C=O) groups is 1. The van der Waals surface area contributed by atoms with Gasteiger partial charge in [-0.25, -0.2) is 0 Å². The van der Waals surface area contributed by atoms with Crippen LogP contribution in [0.15, 0.2) is 4.99 Å². The Balaban J connectivity index is 2.23.